The van der Waals surface area contributed by atoms with Gasteiger partial charge in [0.15, 0.2) is 0 Å². The van der Waals surface area contributed by atoms with Crippen molar-refractivity contribution in [2.45, 2.75) is 77.4 Å². The Hall–Kier alpha value is -0.0800. The van der Waals surface area contributed by atoms with Crippen LogP contribution >= 0.6 is 0 Å². The standard InChI is InChI=1S/C13H28N2/c1-4-8-12(14)13(6-3)15-10-7-9-11(15)5-2/h11-13H,4-10,14H2,1-3H3. The van der Waals surface area contributed by atoms with Crippen LogP contribution in [0.1, 0.15) is 59.3 Å². The smallest absolute Gasteiger partial charge is 0.0247 e. The molecule has 0 bridgehead atoms. The predicted molar refractivity (Wildman–Crippen MR) is 67.0 cm³/mol. The summed E-state index contributed by atoms with van der Waals surface area (Å²) in [6.45, 7) is 8.09. The zero-order chi connectivity index (χ0) is 11.3. The highest BCUT2D eigenvalue weighted by Gasteiger charge is 2.31. The topological polar surface area (TPSA) is 29.3 Å². The summed E-state index contributed by atoms with van der Waals surface area (Å²) in [7, 11) is 0. The lowest BCUT2D eigenvalue weighted by atomic mass is 9.99. The molecule has 90 valence electrons. The Morgan fingerprint density at radius 3 is 2.60 bits per heavy atom. The van der Waals surface area contributed by atoms with E-state index >= 15 is 0 Å². The summed E-state index contributed by atoms with van der Waals surface area (Å²) in [4.78, 5) is 2.68. The molecule has 1 aliphatic heterocycles. The van der Waals surface area contributed by atoms with Gasteiger partial charge in [-0.25, -0.2) is 0 Å². The second-order valence-electron chi connectivity index (χ2n) is 4.87. The largest absolute Gasteiger partial charge is 0.326 e. The van der Waals surface area contributed by atoms with E-state index in [1.54, 1.807) is 0 Å². The number of likely N-dealkylation sites (tertiary alicyclic amines) is 1. The van der Waals surface area contributed by atoms with Crippen LogP contribution in [-0.4, -0.2) is 29.6 Å². The molecule has 0 saturated carbocycles. The molecule has 0 aromatic carbocycles. The van der Waals surface area contributed by atoms with E-state index in [-0.39, 0.29) is 0 Å². The first-order valence-electron chi connectivity index (χ1n) is 6.75. The molecule has 0 spiro atoms. The average molecular weight is 212 g/mol. The van der Waals surface area contributed by atoms with E-state index in [0.29, 0.717) is 12.1 Å². The fourth-order valence-electron chi connectivity index (χ4n) is 3.04. The molecule has 1 rings (SSSR count). The van der Waals surface area contributed by atoms with Crippen molar-refractivity contribution in [3.05, 3.63) is 0 Å². The van der Waals surface area contributed by atoms with Crippen LogP contribution < -0.4 is 5.73 Å². The maximum atomic E-state index is 6.29. The normalized spacial score (nSPS) is 26.8. The van der Waals surface area contributed by atoms with Crippen LogP contribution in [0.15, 0.2) is 0 Å². The summed E-state index contributed by atoms with van der Waals surface area (Å²) < 4.78 is 0. The molecule has 2 nitrogen and oxygen atoms in total. The van der Waals surface area contributed by atoms with Crippen molar-refractivity contribution < 1.29 is 0 Å². The number of nitrogens with two attached hydrogens (primary N) is 1. The van der Waals surface area contributed by atoms with Crippen LogP contribution in [0.4, 0.5) is 0 Å². The zero-order valence-electron chi connectivity index (χ0n) is 10.7. The fraction of sp³-hybridized carbons (Fsp3) is 1.00. The molecule has 0 radical (unpaired) electrons. The van der Waals surface area contributed by atoms with Crippen molar-refractivity contribution >= 4 is 0 Å². The summed E-state index contributed by atoms with van der Waals surface area (Å²) in [5.74, 6) is 0. The molecule has 0 amide bonds. The second-order valence-corrected chi connectivity index (χ2v) is 4.87. The highest BCUT2D eigenvalue weighted by Crippen LogP contribution is 2.25. The van der Waals surface area contributed by atoms with Crippen molar-refractivity contribution in [1.29, 1.82) is 0 Å². The van der Waals surface area contributed by atoms with Crippen molar-refractivity contribution in [3.8, 4) is 0 Å². The van der Waals surface area contributed by atoms with Crippen molar-refractivity contribution in [2.75, 3.05) is 6.54 Å². The number of rotatable bonds is 6. The highest BCUT2D eigenvalue weighted by atomic mass is 15.2. The summed E-state index contributed by atoms with van der Waals surface area (Å²) in [6, 6.07) is 1.81. The minimum absolute atomic E-state index is 0.382. The summed E-state index contributed by atoms with van der Waals surface area (Å²) in [5, 5.41) is 0. The van der Waals surface area contributed by atoms with Crippen LogP contribution in [0.5, 0.6) is 0 Å². The van der Waals surface area contributed by atoms with Gasteiger partial charge >= 0.3 is 0 Å². The van der Waals surface area contributed by atoms with Gasteiger partial charge in [0.1, 0.15) is 0 Å². The number of hydrogen-bond donors (Lipinski definition) is 1. The van der Waals surface area contributed by atoms with Gasteiger partial charge in [-0.15, -0.1) is 0 Å². The summed E-state index contributed by atoms with van der Waals surface area (Å²) in [5.41, 5.74) is 6.29. The monoisotopic (exact) mass is 212 g/mol. The Kier molecular flexibility index (Phi) is 5.62. The van der Waals surface area contributed by atoms with E-state index in [1.165, 1.54) is 45.1 Å². The molecule has 1 heterocycles. The van der Waals surface area contributed by atoms with Crippen LogP contribution in [0.3, 0.4) is 0 Å². The molecule has 1 aliphatic rings. The molecular formula is C13H28N2. The molecule has 0 aromatic heterocycles. The molecule has 1 fully saturated rings. The Labute approximate surface area is 95.2 Å². The van der Waals surface area contributed by atoms with Crippen molar-refractivity contribution in [1.82, 2.24) is 4.90 Å². The predicted octanol–water partition coefficient (Wildman–Crippen LogP) is 2.77. The van der Waals surface area contributed by atoms with Gasteiger partial charge in [-0.05, 0) is 38.6 Å². The number of hydrogen-bond acceptors (Lipinski definition) is 2. The molecule has 0 aromatic rings. The Balaban J connectivity index is 2.56. The summed E-state index contributed by atoms with van der Waals surface area (Å²) in [6.07, 6.45) is 7.63. The van der Waals surface area contributed by atoms with E-state index in [2.05, 4.69) is 25.7 Å². The van der Waals surface area contributed by atoms with E-state index in [0.717, 1.165) is 6.04 Å². The van der Waals surface area contributed by atoms with Crippen LogP contribution in [0, 0.1) is 0 Å². The molecule has 3 atom stereocenters. The Morgan fingerprint density at radius 2 is 2.07 bits per heavy atom. The Morgan fingerprint density at radius 1 is 1.33 bits per heavy atom. The van der Waals surface area contributed by atoms with Crippen LogP contribution in [-0.2, 0) is 0 Å². The zero-order valence-corrected chi connectivity index (χ0v) is 10.7. The third-order valence-corrected chi connectivity index (χ3v) is 3.85. The lowest BCUT2D eigenvalue weighted by molar-refractivity contribution is 0.144. The molecule has 2 heteroatoms. The molecule has 3 unspecified atom stereocenters. The first-order valence-corrected chi connectivity index (χ1v) is 6.75. The lowest BCUT2D eigenvalue weighted by Crippen LogP contribution is -2.49. The van der Waals surface area contributed by atoms with Gasteiger partial charge in [0, 0.05) is 18.1 Å². The quantitative estimate of drug-likeness (QED) is 0.733. The Bertz CT molecular complexity index is 170. The minimum Gasteiger partial charge on any atom is -0.326 e. The maximum Gasteiger partial charge on any atom is 0.0247 e. The van der Waals surface area contributed by atoms with Crippen molar-refractivity contribution in [3.63, 3.8) is 0 Å². The van der Waals surface area contributed by atoms with Gasteiger partial charge in [0.25, 0.3) is 0 Å². The van der Waals surface area contributed by atoms with Crippen LogP contribution in [0.2, 0.25) is 0 Å². The average Bonchev–Trinajstić information content (AvgIpc) is 2.67. The third-order valence-electron chi connectivity index (χ3n) is 3.85. The van der Waals surface area contributed by atoms with Gasteiger partial charge < -0.3 is 5.73 Å². The molecule has 2 N–H and O–H groups in total. The molecule has 15 heavy (non-hydrogen) atoms. The third kappa shape index (κ3) is 3.18. The van der Waals surface area contributed by atoms with Gasteiger partial charge in [-0.1, -0.05) is 27.2 Å². The van der Waals surface area contributed by atoms with Crippen LogP contribution in [0.25, 0.3) is 0 Å². The van der Waals surface area contributed by atoms with Gasteiger partial charge in [0.05, 0.1) is 0 Å². The van der Waals surface area contributed by atoms with Gasteiger partial charge in [-0.2, -0.15) is 0 Å². The van der Waals surface area contributed by atoms with Gasteiger partial charge in [0.2, 0.25) is 0 Å². The highest BCUT2D eigenvalue weighted by molar-refractivity contribution is 4.88. The summed E-state index contributed by atoms with van der Waals surface area (Å²) >= 11 is 0. The lowest BCUT2D eigenvalue weighted by Gasteiger charge is -2.36. The second kappa shape index (κ2) is 6.49. The minimum atomic E-state index is 0.382. The van der Waals surface area contributed by atoms with Crippen molar-refractivity contribution in [2.24, 2.45) is 5.73 Å². The first kappa shape index (κ1) is 13.0. The maximum absolute atomic E-state index is 6.29. The van der Waals surface area contributed by atoms with E-state index in [1.807, 2.05) is 0 Å². The number of nitrogens with zero attached hydrogens (tertiary/aromatic N) is 1. The van der Waals surface area contributed by atoms with E-state index in [4.69, 9.17) is 5.73 Å². The molecule has 1 saturated heterocycles. The van der Waals surface area contributed by atoms with E-state index < -0.39 is 0 Å². The van der Waals surface area contributed by atoms with Gasteiger partial charge in [-0.3, -0.25) is 4.90 Å². The first-order chi connectivity index (χ1) is 7.24. The SMILES string of the molecule is CCCC(N)C(CC)N1CCCC1CC. The van der Waals surface area contributed by atoms with E-state index in [9.17, 15) is 0 Å². The molecular weight excluding hydrogens is 184 g/mol. The molecule has 0 aliphatic carbocycles. The fourth-order valence-corrected chi connectivity index (χ4v) is 3.04.